The predicted octanol–water partition coefficient (Wildman–Crippen LogP) is 0.266. The number of methoxy groups -OCH3 is 1. The minimum absolute atomic E-state index is 0.0620. The number of carbonyl (C=O) groups is 1. The van der Waals surface area contributed by atoms with Gasteiger partial charge in [0.25, 0.3) is 0 Å². The van der Waals surface area contributed by atoms with Gasteiger partial charge in [-0.15, -0.1) is 0 Å². The van der Waals surface area contributed by atoms with Gasteiger partial charge in [0.15, 0.2) is 0 Å². The van der Waals surface area contributed by atoms with E-state index in [0.29, 0.717) is 6.42 Å². The minimum atomic E-state index is -3.42. The first kappa shape index (κ1) is 17.3. The van der Waals surface area contributed by atoms with Crippen LogP contribution in [0.3, 0.4) is 0 Å². The molecule has 0 aromatic heterocycles. The van der Waals surface area contributed by atoms with Crippen LogP contribution < -0.4 is 4.72 Å². The number of ether oxygens (including phenoxy) is 1. The lowest BCUT2D eigenvalue weighted by Crippen LogP contribution is -2.40. The molecule has 108 valence electrons. The Morgan fingerprint density at radius 1 is 1.39 bits per heavy atom. The lowest BCUT2D eigenvalue weighted by atomic mass is 10.0. The van der Waals surface area contributed by atoms with Crippen LogP contribution in [-0.4, -0.2) is 45.0 Å². The van der Waals surface area contributed by atoms with Crippen LogP contribution in [0.15, 0.2) is 0 Å². The number of esters is 1. The number of nitrogens with one attached hydrogen (secondary N) is 1. The van der Waals surface area contributed by atoms with Crippen molar-refractivity contribution in [3.8, 4) is 0 Å². The van der Waals surface area contributed by atoms with Crippen molar-refractivity contribution in [2.45, 2.75) is 39.2 Å². The molecule has 2 N–H and O–H groups in total. The molecular formula is C11H23NO5S. The summed E-state index contributed by atoms with van der Waals surface area (Å²) >= 11 is 0. The molecule has 0 bridgehead atoms. The molecular weight excluding hydrogens is 258 g/mol. The van der Waals surface area contributed by atoms with E-state index in [4.69, 9.17) is 5.11 Å². The van der Waals surface area contributed by atoms with Crippen molar-refractivity contribution in [1.82, 2.24) is 4.72 Å². The van der Waals surface area contributed by atoms with Crippen molar-refractivity contribution < 1.29 is 23.1 Å². The fraction of sp³-hybridized carbons (Fsp3) is 0.909. The van der Waals surface area contributed by atoms with Crippen LogP contribution in [0.2, 0.25) is 0 Å². The monoisotopic (exact) mass is 281 g/mol. The molecule has 0 amide bonds. The van der Waals surface area contributed by atoms with E-state index < -0.39 is 16.0 Å². The minimum Gasteiger partial charge on any atom is -0.469 e. The largest absolute Gasteiger partial charge is 0.469 e. The van der Waals surface area contributed by atoms with Crippen LogP contribution in [0.25, 0.3) is 0 Å². The molecule has 0 fully saturated rings. The molecule has 0 aliphatic rings. The predicted molar refractivity (Wildman–Crippen MR) is 68.5 cm³/mol. The Morgan fingerprint density at radius 3 is 2.44 bits per heavy atom. The molecule has 0 rings (SSSR count). The summed E-state index contributed by atoms with van der Waals surface area (Å²) in [5, 5.41) is 8.87. The van der Waals surface area contributed by atoms with E-state index >= 15 is 0 Å². The molecule has 0 aromatic carbocycles. The summed E-state index contributed by atoms with van der Waals surface area (Å²) in [4.78, 5) is 10.9. The number of aliphatic hydroxyl groups excluding tert-OH is 1. The Balaban J connectivity index is 4.23. The van der Waals surface area contributed by atoms with Crippen molar-refractivity contribution in [2.75, 3.05) is 19.5 Å². The molecule has 0 spiro atoms. The molecule has 0 heterocycles. The Labute approximate surface area is 109 Å². The van der Waals surface area contributed by atoms with Gasteiger partial charge >= 0.3 is 5.97 Å². The van der Waals surface area contributed by atoms with E-state index in [1.807, 2.05) is 13.8 Å². The maximum atomic E-state index is 11.7. The van der Waals surface area contributed by atoms with Crippen molar-refractivity contribution in [3.05, 3.63) is 0 Å². The third-order valence-corrected chi connectivity index (χ3v) is 4.09. The summed E-state index contributed by atoms with van der Waals surface area (Å²) in [6.07, 6.45) is 0.698. The third kappa shape index (κ3) is 7.62. The van der Waals surface area contributed by atoms with Gasteiger partial charge in [0.1, 0.15) is 0 Å². The van der Waals surface area contributed by atoms with E-state index in [9.17, 15) is 13.2 Å². The molecule has 18 heavy (non-hydrogen) atoms. The zero-order valence-corrected chi connectivity index (χ0v) is 12.0. The number of carbonyl (C=O) groups excluding carboxylic acids is 1. The van der Waals surface area contributed by atoms with Crippen LogP contribution in [0.5, 0.6) is 0 Å². The van der Waals surface area contributed by atoms with Gasteiger partial charge in [-0.25, -0.2) is 13.1 Å². The molecule has 0 saturated carbocycles. The SMILES string of the molecule is COC(=O)CCCS(=O)(=O)NC(CCO)C(C)C. The summed E-state index contributed by atoms with van der Waals surface area (Å²) in [5.74, 6) is -0.426. The maximum Gasteiger partial charge on any atom is 0.305 e. The van der Waals surface area contributed by atoms with E-state index in [2.05, 4.69) is 9.46 Å². The quantitative estimate of drug-likeness (QED) is 0.592. The highest BCUT2D eigenvalue weighted by atomic mass is 32.2. The Kier molecular flexibility index (Phi) is 8.13. The van der Waals surface area contributed by atoms with Crippen molar-refractivity contribution >= 4 is 16.0 Å². The van der Waals surface area contributed by atoms with Gasteiger partial charge in [0, 0.05) is 19.1 Å². The van der Waals surface area contributed by atoms with E-state index in [1.165, 1.54) is 7.11 Å². The second-order valence-electron chi connectivity index (χ2n) is 4.48. The zero-order chi connectivity index (χ0) is 14.2. The standard InChI is InChI=1S/C11H23NO5S/c1-9(2)10(6-7-13)12-18(15,16)8-4-5-11(14)17-3/h9-10,12-13H,4-8H2,1-3H3. The summed E-state index contributed by atoms with van der Waals surface area (Å²) in [6.45, 7) is 3.71. The van der Waals surface area contributed by atoms with Crippen LogP contribution >= 0.6 is 0 Å². The molecule has 1 atom stereocenters. The van der Waals surface area contributed by atoms with Crippen LogP contribution in [0.4, 0.5) is 0 Å². The number of hydrogen-bond acceptors (Lipinski definition) is 5. The lowest BCUT2D eigenvalue weighted by molar-refractivity contribution is -0.140. The second-order valence-corrected chi connectivity index (χ2v) is 6.35. The first-order valence-corrected chi connectivity index (χ1v) is 7.65. The Morgan fingerprint density at radius 2 is 2.00 bits per heavy atom. The average Bonchev–Trinajstić information content (AvgIpc) is 2.27. The van der Waals surface area contributed by atoms with E-state index in [-0.39, 0.29) is 37.2 Å². The molecule has 1 unspecified atom stereocenters. The molecule has 0 aromatic rings. The highest BCUT2D eigenvalue weighted by Gasteiger charge is 2.20. The summed E-state index contributed by atoms with van der Waals surface area (Å²) in [6, 6.07) is -0.280. The topological polar surface area (TPSA) is 92.7 Å². The van der Waals surface area contributed by atoms with Crippen LogP contribution in [0.1, 0.15) is 33.1 Å². The van der Waals surface area contributed by atoms with Crippen molar-refractivity contribution in [1.29, 1.82) is 0 Å². The van der Waals surface area contributed by atoms with Gasteiger partial charge in [0.05, 0.1) is 12.9 Å². The molecule has 0 aliphatic carbocycles. The fourth-order valence-electron chi connectivity index (χ4n) is 1.47. The number of hydrogen-bond donors (Lipinski definition) is 2. The van der Waals surface area contributed by atoms with Gasteiger partial charge in [-0.2, -0.15) is 0 Å². The fourth-order valence-corrected chi connectivity index (χ4v) is 2.96. The van der Waals surface area contributed by atoms with E-state index in [0.717, 1.165) is 0 Å². The number of sulfonamides is 1. The number of aliphatic hydroxyl groups is 1. The van der Waals surface area contributed by atoms with Gasteiger partial charge in [-0.3, -0.25) is 4.79 Å². The molecule has 0 saturated heterocycles. The Hall–Kier alpha value is -0.660. The zero-order valence-electron chi connectivity index (χ0n) is 11.2. The van der Waals surface area contributed by atoms with Crippen LogP contribution in [0, 0.1) is 5.92 Å². The summed E-state index contributed by atoms with van der Waals surface area (Å²) in [5.41, 5.74) is 0. The average molecular weight is 281 g/mol. The van der Waals surface area contributed by atoms with Crippen molar-refractivity contribution in [2.24, 2.45) is 5.92 Å². The highest BCUT2D eigenvalue weighted by molar-refractivity contribution is 7.89. The molecule has 0 radical (unpaired) electrons. The van der Waals surface area contributed by atoms with Crippen molar-refractivity contribution in [3.63, 3.8) is 0 Å². The van der Waals surface area contributed by atoms with Gasteiger partial charge < -0.3 is 9.84 Å². The first-order valence-electron chi connectivity index (χ1n) is 6.00. The molecule has 6 nitrogen and oxygen atoms in total. The summed E-state index contributed by atoms with van der Waals surface area (Å²) < 4.78 is 30.5. The normalized spacial score (nSPS) is 13.6. The van der Waals surface area contributed by atoms with Gasteiger partial charge in [-0.05, 0) is 18.8 Å². The Bertz CT molecular complexity index is 339. The number of rotatable bonds is 9. The maximum absolute atomic E-state index is 11.7. The first-order chi connectivity index (χ1) is 8.32. The van der Waals surface area contributed by atoms with E-state index in [1.54, 1.807) is 0 Å². The second kappa shape index (κ2) is 8.44. The highest BCUT2D eigenvalue weighted by Crippen LogP contribution is 2.08. The molecule has 0 aliphatic heterocycles. The van der Waals surface area contributed by atoms with Gasteiger partial charge in [-0.1, -0.05) is 13.8 Å². The van der Waals surface area contributed by atoms with Gasteiger partial charge in [0.2, 0.25) is 10.0 Å². The van der Waals surface area contributed by atoms with Crippen LogP contribution in [-0.2, 0) is 19.6 Å². The summed E-state index contributed by atoms with van der Waals surface area (Å²) in [7, 11) is -2.15. The smallest absolute Gasteiger partial charge is 0.305 e. The third-order valence-electron chi connectivity index (χ3n) is 2.60. The molecule has 7 heteroatoms. The lowest BCUT2D eigenvalue weighted by Gasteiger charge is -2.21.